The molecule has 2 N–H and O–H groups in total. The van der Waals surface area contributed by atoms with Crippen LogP contribution in [0.25, 0.3) is 28.0 Å². The van der Waals surface area contributed by atoms with E-state index in [0.29, 0.717) is 0 Å². The summed E-state index contributed by atoms with van der Waals surface area (Å²) in [7, 11) is 0. The fraction of sp³-hybridized carbons (Fsp3) is 0.0638. The number of rotatable bonds is 4. The summed E-state index contributed by atoms with van der Waals surface area (Å²) in [5, 5.41) is 7.75. The maximum atomic E-state index is 6.53. The Morgan fingerprint density at radius 2 is 1.00 bits per heavy atom. The molecule has 2 heterocycles. The molecule has 0 amide bonds. The fourth-order valence-electron chi connectivity index (χ4n) is 8.38. The highest BCUT2D eigenvalue weighted by molar-refractivity contribution is 5.90. The zero-order valence-electron chi connectivity index (χ0n) is 27.4. The van der Waals surface area contributed by atoms with Crippen LogP contribution in [0.3, 0.4) is 0 Å². The molecule has 10 rings (SSSR count). The Labute approximate surface area is 292 Å². The van der Waals surface area contributed by atoms with Crippen LogP contribution in [-0.2, 0) is 5.41 Å². The molecule has 3 aliphatic rings. The van der Waals surface area contributed by atoms with Crippen LogP contribution in [0.5, 0.6) is 11.5 Å². The molecule has 0 saturated carbocycles. The SMILES string of the molecule is C1=C(c2ccc3c(c2)-c2ccccc2C32c3ccccc3Oc3ccccc32)NC(c2ccccc2)NC1c1ccc(-c2ccccc2)cc1. The summed E-state index contributed by atoms with van der Waals surface area (Å²) in [4.78, 5) is 0. The highest BCUT2D eigenvalue weighted by Crippen LogP contribution is 2.62. The van der Waals surface area contributed by atoms with Crippen LogP contribution in [0, 0.1) is 0 Å². The lowest BCUT2D eigenvalue weighted by molar-refractivity contribution is 0.436. The molecule has 1 aliphatic carbocycles. The number of fused-ring (bicyclic) bond motifs is 9. The number of benzene rings is 7. The highest BCUT2D eigenvalue weighted by atomic mass is 16.5. The second-order valence-electron chi connectivity index (χ2n) is 13.4. The van der Waals surface area contributed by atoms with Crippen LogP contribution < -0.4 is 15.4 Å². The van der Waals surface area contributed by atoms with Crippen molar-refractivity contribution in [1.29, 1.82) is 0 Å². The summed E-state index contributed by atoms with van der Waals surface area (Å²) < 4.78 is 6.53. The van der Waals surface area contributed by atoms with Gasteiger partial charge in [-0.15, -0.1) is 0 Å². The van der Waals surface area contributed by atoms with Crippen LogP contribution >= 0.6 is 0 Å². The second-order valence-corrected chi connectivity index (χ2v) is 13.4. The predicted molar refractivity (Wildman–Crippen MR) is 202 cm³/mol. The topological polar surface area (TPSA) is 33.3 Å². The summed E-state index contributed by atoms with van der Waals surface area (Å²) in [6, 6.07) is 63.2. The molecule has 0 aromatic heterocycles. The van der Waals surface area contributed by atoms with Gasteiger partial charge in [-0.05, 0) is 74.3 Å². The first-order valence-corrected chi connectivity index (χ1v) is 17.3. The zero-order chi connectivity index (χ0) is 33.1. The Balaban J connectivity index is 1.12. The maximum Gasteiger partial charge on any atom is 0.132 e. The van der Waals surface area contributed by atoms with Crippen LogP contribution in [0.1, 0.15) is 51.2 Å². The molecule has 0 saturated heterocycles. The van der Waals surface area contributed by atoms with Crippen LogP contribution in [0.2, 0.25) is 0 Å². The van der Waals surface area contributed by atoms with E-state index in [0.717, 1.165) is 22.8 Å². The van der Waals surface area contributed by atoms with Crippen molar-refractivity contribution in [3.63, 3.8) is 0 Å². The third-order valence-electron chi connectivity index (χ3n) is 10.6. The average molecular weight is 643 g/mol. The lowest BCUT2D eigenvalue weighted by Crippen LogP contribution is -2.39. The number of para-hydroxylation sites is 2. The van der Waals surface area contributed by atoms with E-state index in [-0.39, 0.29) is 12.2 Å². The summed E-state index contributed by atoms with van der Waals surface area (Å²) in [5.41, 5.74) is 14.1. The molecule has 238 valence electrons. The number of ether oxygens (including phenoxy) is 1. The molecule has 2 atom stereocenters. The van der Waals surface area contributed by atoms with E-state index in [2.05, 4.69) is 193 Å². The van der Waals surface area contributed by atoms with Crippen molar-refractivity contribution >= 4 is 5.70 Å². The Morgan fingerprint density at radius 3 is 1.72 bits per heavy atom. The molecule has 0 fully saturated rings. The van der Waals surface area contributed by atoms with Crippen molar-refractivity contribution in [2.24, 2.45) is 0 Å². The largest absolute Gasteiger partial charge is 0.457 e. The molecule has 7 aromatic rings. The smallest absolute Gasteiger partial charge is 0.132 e. The third kappa shape index (κ3) is 4.41. The van der Waals surface area contributed by atoms with E-state index < -0.39 is 5.41 Å². The minimum absolute atomic E-state index is 0.0161. The van der Waals surface area contributed by atoms with Gasteiger partial charge in [0.1, 0.15) is 17.7 Å². The monoisotopic (exact) mass is 642 g/mol. The highest BCUT2D eigenvalue weighted by Gasteiger charge is 2.51. The second kappa shape index (κ2) is 11.5. The average Bonchev–Trinajstić information content (AvgIpc) is 3.48. The lowest BCUT2D eigenvalue weighted by Gasteiger charge is -2.39. The van der Waals surface area contributed by atoms with E-state index in [9.17, 15) is 0 Å². The first-order chi connectivity index (χ1) is 24.8. The van der Waals surface area contributed by atoms with Gasteiger partial charge in [0, 0.05) is 16.8 Å². The normalized spacial score (nSPS) is 17.7. The lowest BCUT2D eigenvalue weighted by atomic mass is 9.66. The minimum atomic E-state index is -0.471. The third-order valence-corrected chi connectivity index (χ3v) is 10.6. The Hall–Kier alpha value is -6.16. The molecular weight excluding hydrogens is 609 g/mol. The van der Waals surface area contributed by atoms with E-state index in [1.807, 2.05) is 0 Å². The van der Waals surface area contributed by atoms with Gasteiger partial charge in [0.2, 0.25) is 0 Å². The molecule has 50 heavy (non-hydrogen) atoms. The van der Waals surface area contributed by atoms with E-state index >= 15 is 0 Å². The van der Waals surface area contributed by atoms with Gasteiger partial charge in [-0.25, -0.2) is 0 Å². The summed E-state index contributed by atoms with van der Waals surface area (Å²) >= 11 is 0. The van der Waals surface area contributed by atoms with Crippen LogP contribution in [-0.4, -0.2) is 0 Å². The number of nitrogens with one attached hydrogen (secondary N) is 2. The summed E-state index contributed by atoms with van der Waals surface area (Å²) in [6.07, 6.45) is 2.28. The molecule has 1 spiro atoms. The first kappa shape index (κ1) is 28.8. The van der Waals surface area contributed by atoms with Crippen molar-refractivity contribution < 1.29 is 4.74 Å². The van der Waals surface area contributed by atoms with Gasteiger partial charge in [0.05, 0.1) is 11.5 Å². The Morgan fingerprint density at radius 1 is 0.440 bits per heavy atom. The van der Waals surface area contributed by atoms with Crippen molar-refractivity contribution in [3.8, 4) is 33.8 Å². The van der Waals surface area contributed by atoms with Gasteiger partial charge in [-0.3, -0.25) is 5.32 Å². The van der Waals surface area contributed by atoms with Crippen LogP contribution in [0.15, 0.2) is 182 Å². The molecule has 3 nitrogen and oxygen atoms in total. The Bertz CT molecular complexity index is 2370. The zero-order valence-corrected chi connectivity index (χ0v) is 27.4. The van der Waals surface area contributed by atoms with E-state index in [4.69, 9.17) is 4.74 Å². The number of hydrogen-bond acceptors (Lipinski definition) is 3. The quantitative estimate of drug-likeness (QED) is 0.200. The van der Waals surface area contributed by atoms with Crippen molar-refractivity contribution in [2.75, 3.05) is 0 Å². The summed E-state index contributed by atoms with van der Waals surface area (Å²) in [5.74, 6) is 1.82. The maximum absolute atomic E-state index is 6.53. The van der Waals surface area contributed by atoms with Crippen molar-refractivity contribution in [2.45, 2.75) is 17.6 Å². The first-order valence-electron chi connectivity index (χ1n) is 17.3. The van der Waals surface area contributed by atoms with E-state index in [1.165, 1.54) is 55.6 Å². The van der Waals surface area contributed by atoms with Gasteiger partial charge < -0.3 is 10.1 Å². The van der Waals surface area contributed by atoms with E-state index in [1.54, 1.807) is 0 Å². The molecular formula is C47H34N2O. The van der Waals surface area contributed by atoms with Gasteiger partial charge in [-0.2, -0.15) is 0 Å². The van der Waals surface area contributed by atoms with Gasteiger partial charge in [0.25, 0.3) is 0 Å². The van der Waals surface area contributed by atoms with Crippen molar-refractivity contribution in [3.05, 3.63) is 221 Å². The van der Waals surface area contributed by atoms with Gasteiger partial charge in [-0.1, -0.05) is 158 Å². The molecule has 3 heteroatoms. The molecule has 0 radical (unpaired) electrons. The molecule has 0 bridgehead atoms. The fourth-order valence-corrected chi connectivity index (χ4v) is 8.38. The standard InChI is InChI=1S/C47H34N2O/c1-3-13-31(14-4-1)32-23-25-33(26-24-32)42-30-43(49-46(48-42)34-15-5-2-6-16-34)35-27-28-39-37(29-35)36-17-7-8-18-38(36)47(39)40-19-9-11-21-44(40)50-45-22-12-10-20-41(45)47/h1-30,42,46,48-49H. The Kier molecular flexibility index (Phi) is 6.61. The minimum Gasteiger partial charge on any atom is -0.457 e. The molecule has 2 aliphatic heterocycles. The number of hydrogen-bond donors (Lipinski definition) is 2. The predicted octanol–water partition coefficient (Wildman–Crippen LogP) is 10.8. The molecule has 2 unspecified atom stereocenters. The van der Waals surface area contributed by atoms with Gasteiger partial charge >= 0.3 is 0 Å². The van der Waals surface area contributed by atoms with Gasteiger partial charge in [0.15, 0.2) is 0 Å². The van der Waals surface area contributed by atoms with Crippen molar-refractivity contribution in [1.82, 2.24) is 10.6 Å². The summed E-state index contributed by atoms with van der Waals surface area (Å²) in [6.45, 7) is 0. The molecule has 7 aromatic carbocycles. The van der Waals surface area contributed by atoms with Crippen LogP contribution in [0.4, 0.5) is 0 Å².